The lowest BCUT2D eigenvalue weighted by atomic mass is 9.68. The van der Waals surface area contributed by atoms with Crippen molar-refractivity contribution in [2.24, 2.45) is 11.8 Å². The number of phenols is 2. The van der Waals surface area contributed by atoms with Crippen molar-refractivity contribution in [3.63, 3.8) is 0 Å². The largest absolute Gasteiger partial charge is 0.512 e. The fourth-order valence-electron chi connectivity index (χ4n) is 12.0. The Morgan fingerprint density at radius 1 is 0.702 bits per heavy atom. The summed E-state index contributed by atoms with van der Waals surface area (Å²) in [5, 5.41) is 40.3. The fraction of sp³-hybridized carbons (Fsp3) is 0.356. The molecule has 4 aromatic rings. The number of phenolic OH excluding ortho intramolecular Hbond substituents is 2. The third kappa shape index (κ3) is 4.65. The zero-order valence-electron chi connectivity index (χ0n) is 31.6. The predicted molar refractivity (Wildman–Crippen MR) is 210 cm³/mol. The molecule has 12 heteroatoms. The van der Waals surface area contributed by atoms with Gasteiger partial charge in [0.1, 0.15) is 16.8 Å². The van der Waals surface area contributed by atoms with E-state index in [9.17, 15) is 24.9 Å². The highest BCUT2D eigenvalue weighted by molar-refractivity contribution is 6.11. The summed E-state index contributed by atoms with van der Waals surface area (Å²) in [4.78, 5) is 49.4. The summed E-state index contributed by atoms with van der Waals surface area (Å²) in [6, 6.07) is 24.8. The quantitative estimate of drug-likeness (QED) is 0.114. The van der Waals surface area contributed by atoms with E-state index in [4.69, 9.17) is 9.47 Å². The van der Waals surface area contributed by atoms with Crippen molar-refractivity contribution in [2.45, 2.75) is 60.7 Å². The zero-order chi connectivity index (χ0) is 39.4. The van der Waals surface area contributed by atoms with Crippen molar-refractivity contribution in [1.29, 1.82) is 0 Å². The van der Waals surface area contributed by atoms with Gasteiger partial charge in [-0.25, -0.2) is 0 Å². The summed E-state index contributed by atoms with van der Waals surface area (Å²) >= 11 is 0. The molecule has 6 heterocycles. The molecule has 292 valence electrons. The molecule has 57 heavy (non-hydrogen) atoms. The number of anilines is 2. The van der Waals surface area contributed by atoms with E-state index in [1.165, 1.54) is 20.3 Å². The van der Waals surface area contributed by atoms with Crippen LogP contribution in [0.1, 0.15) is 59.8 Å². The maximum absolute atomic E-state index is 15.6. The van der Waals surface area contributed by atoms with E-state index in [0.29, 0.717) is 30.0 Å². The van der Waals surface area contributed by atoms with Gasteiger partial charge in [-0.3, -0.25) is 24.2 Å². The van der Waals surface area contributed by atoms with Crippen LogP contribution in [0.3, 0.4) is 0 Å². The molecule has 0 aromatic heterocycles. The predicted octanol–water partition coefficient (Wildman–Crippen LogP) is 5.88. The number of benzene rings is 4. The van der Waals surface area contributed by atoms with Crippen molar-refractivity contribution in [3.05, 3.63) is 119 Å². The summed E-state index contributed by atoms with van der Waals surface area (Å²) < 4.78 is 11.1. The number of aliphatic hydroxyl groups excluding tert-OH is 1. The summed E-state index contributed by atoms with van der Waals surface area (Å²) in [6.07, 6.45) is 4.42. The molecule has 0 saturated carbocycles. The first-order valence-electron chi connectivity index (χ1n) is 19.7. The minimum absolute atomic E-state index is 0.0354. The van der Waals surface area contributed by atoms with Gasteiger partial charge in [-0.05, 0) is 86.3 Å². The Balaban J connectivity index is 1.19. The lowest BCUT2D eigenvalue weighted by Gasteiger charge is -2.38. The van der Waals surface area contributed by atoms with E-state index in [0.717, 1.165) is 42.4 Å². The highest BCUT2D eigenvalue weighted by Gasteiger charge is 2.71. The second-order valence-corrected chi connectivity index (χ2v) is 16.2. The number of para-hydroxylation sites is 2. The SMILES string of the molecule is COc1cc([C@@H]2[C@@H](/C(O)=C/C(=O)[C@H]3[C@H](c4ccc(O)c(OC)c4)[C@H]4CCCN4[C@]34C(=O)Nc3ccccc34)[C@]3(C(=O)Nc4ccccc43)N3CCC[C@@H]23)ccc1O. The Kier molecular flexibility index (Phi) is 8.01. The van der Waals surface area contributed by atoms with Gasteiger partial charge in [-0.1, -0.05) is 48.5 Å². The van der Waals surface area contributed by atoms with E-state index < -0.39 is 40.5 Å². The smallest absolute Gasteiger partial charge is 0.250 e. The minimum atomic E-state index is -1.39. The molecule has 5 N–H and O–H groups in total. The normalized spacial score (nSPS) is 31.3. The molecular formula is C45H44N4O8. The van der Waals surface area contributed by atoms with Crippen molar-refractivity contribution in [3.8, 4) is 23.0 Å². The Bertz CT molecular complexity index is 2400. The molecule has 0 aliphatic carbocycles. The fourth-order valence-corrected chi connectivity index (χ4v) is 12.0. The Hall–Kier alpha value is -5.85. The van der Waals surface area contributed by atoms with Crippen LogP contribution in [0.2, 0.25) is 0 Å². The molecule has 2 amide bonds. The Labute approximate surface area is 329 Å². The van der Waals surface area contributed by atoms with Crippen LogP contribution < -0.4 is 20.1 Å². The molecule has 6 aliphatic rings. The van der Waals surface area contributed by atoms with Crippen molar-refractivity contribution in [1.82, 2.24) is 9.80 Å². The second-order valence-electron chi connectivity index (χ2n) is 16.2. The van der Waals surface area contributed by atoms with Crippen LogP contribution in [0.25, 0.3) is 0 Å². The number of hydrogen-bond acceptors (Lipinski definition) is 10. The van der Waals surface area contributed by atoms with Crippen molar-refractivity contribution < 1.29 is 39.2 Å². The number of ether oxygens (including phenoxy) is 2. The average Bonchev–Trinajstić information content (AvgIpc) is 4.05. The van der Waals surface area contributed by atoms with Gasteiger partial charge in [-0.15, -0.1) is 0 Å². The van der Waals surface area contributed by atoms with E-state index in [1.54, 1.807) is 36.4 Å². The molecule has 4 aromatic carbocycles. The average molecular weight is 769 g/mol. The molecular weight excluding hydrogens is 725 g/mol. The van der Waals surface area contributed by atoms with Crippen LogP contribution in [0.4, 0.5) is 11.4 Å². The number of nitrogens with one attached hydrogen (secondary N) is 2. The van der Waals surface area contributed by atoms with E-state index in [-0.39, 0.29) is 52.7 Å². The summed E-state index contributed by atoms with van der Waals surface area (Å²) in [5.74, 6) is -3.78. The van der Waals surface area contributed by atoms with E-state index >= 15 is 4.79 Å². The summed E-state index contributed by atoms with van der Waals surface area (Å²) in [5.41, 5.74) is 1.46. The third-order valence-electron chi connectivity index (χ3n) is 13.9. The number of hydrogen-bond donors (Lipinski definition) is 5. The molecule has 10 rings (SSSR count). The molecule has 4 saturated heterocycles. The van der Waals surface area contributed by atoms with Crippen LogP contribution in [-0.2, 0) is 25.5 Å². The number of ketones is 1. The first-order valence-corrected chi connectivity index (χ1v) is 19.7. The van der Waals surface area contributed by atoms with Gasteiger partial charge in [0, 0.05) is 52.5 Å². The number of fused-ring (bicyclic) bond motifs is 8. The standard InChI is InChI=1S/C45H44N4O8/c1-56-36-21-24(15-17-32(36)50)38-30-13-7-19-48(30)44(26-9-3-5-11-28(26)46-42(44)54)40(38)34(52)23-35(53)41-39(25-16-18-33(51)37(22-25)57-2)31-14-8-20-49(31)45(41)27-10-4-6-12-29(27)47-43(45)55/h3-6,9-12,15-18,21-23,30-31,38-41,50-52H,7-8,13-14,19-20H2,1-2H3,(H,46,54)(H,47,55)/b34-23-/t30-,31+,38-,39+,40+,41-,44+,45-/m0/s1. The van der Waals surface area contributed by atoms with Gasteiger partial charge in [0.25, 0.3) is 0 Å². The number of rotatable bonds is 7. The highest BCUT2D eigenvalue weighted by Crippen LogP contribution is 2.64. The monoisotopic (exact) mass is 768 g/mol. The molecule has 0 bridgehead atoms. The maximum Gasteiger partial charge on any atom is 0.250 e. The second kappa shape index (κ2) is 12.8. The zero-order valence-corrected chi connectivity index (χ0v) is 31.6. The molecule has 0 unspecified atom stereocenters. The Morgan fingerprint density at radius 3 is 1.65 bits per heavy atom. The van der Waals surface area contributed by atoms with Gasteiger partial charge in [0.05, 0.1) is 26.1 Å². The van der Waals surface area contributed by atoms with Crippen LogP contribution in [0.15, 0.2) is 96.8 Å². The number of amides is 2. The summed E-state index contributed by atoms with van der Waals surface area (Å²) in [6.45, 7) is 1.18. The van der Waals surface area contributed by atoms with E-state index in [2.05, 4.69) is 20.4 Å². The summed E-state index contributed by atoms with van der Waals surface area (Å²) in [7, 11) is 2.95. The van der Waals surface area contributed by atoms with Gasteiger partial charge < -0.3 is 35.4 Å². The first kappa shape index (κ1) is 35.6. The molecule has 2 spiro atoms. The lowest BCUT2D eigenvalue weighted by Crippen LogP contribution is -2.53. The third-order valence-corrected chi connectivity index (χ3v) is 13.9. The molecule has 4 fully saturated rings. The minimum Gasteiger partial charge on any atom is -0.512 e. The lowest BCUT2D eigenvalue weighted by molar-refractivity contribution is -0.134. The van der Waals surface area contributed by atoms with E-state index in [1.807, 2.05) is 48.5 Å². The Morgan fingerprint density at radius 2 is 1.16 bits per heavy atom. The number of aliphatic hydroxyl groups is 1. The van der Waals surface area contributed by atoms with Crippen LogP contribution in [0, 0.1) is 11.8 Å². The number of aromatic hydroxyl groups is 2. The van der Waals surface area contributed by atoms with Crippen molar-refractivity contribution >= 4 is 29.0 Å². The van der Waals surface area contributed by atoms with Crippen LogP contribution in [-0.4, -0.2) is 82.1 Å². The number of methoxy groups -OCH3 is 2. The number of carbonyl (C=O) groups is 3. The first-order chi connectivity index (χ1) is 27.7. The molecule has 6 aliphatic heterocycles. The number of nitrogens with zero attached hydrogens (tertiary/aromatic N) is 2. The molecule has 0 radical (unpaired) electrons. The van der Waals surface area contributed by atoms with Crippen LogP contribution >= 0.6 is 0 Å². The van der Waals surface area contributed by atoms with Crippen molar-refractivity contribution in [2.75, 3.05) is 37.9 Å². The molecule has 12 nitrogen and oxygen atoms in total. The maximum atomic E-state index is 15.6. The highest BCUT2D eigenvalue weighted by atomic mass is 16.5. The van der Waals surface area contributed by atoms with Gasteiger partial charge in [0.2, 0.25) is 11.8 Å². The number of allylic oxidation sites excluding steroid dienone is 1. The molecule has 8 atom stereocenters. The van der Waals surface area contributed by atoms with Gasteiger partial charge >= 0.3 is 0 Å². The number of carbonyl (C=O) groups excluding carboxylic acids is 3. The topological polar surface area (TPSA) is 161 Å². The van der Waals surface area contributed by atoms with Gasteiger partial charge in [-0.2, -0.15) is 0 Å². The van der Waals surface area contributed by atoms with Crippen LogP contribution in [0.5, 0.6) is 23.0 Å². The van der Waals surface area contributed by atoms with Gasteiger partial charge in [0.15, 0.2) is 28.8 Å².